The molecule has 2 aliphatic heterocycles. The number of hydrogen-bond acceptors (Lipinski definition) is 6. The van der Waals surface area contributed by atoms with Crippen molar-refractivity contribution in [2.45, 2.75) is 31.6 Å². The van der Waals surface area contributed by atoms with Crippen LogP contribution in [0.2, 0.25) is 10.0 Å². The van der Waals surface area contributed by atoms with Gasteiger partial charge in [-0.25, -0.2) is 9.80 Å². The van der Waals surface area contributed by atoms with E-state index in [1.54, 1.807) is 24.4 Å². The minimum absolute atomic E-state index is 0.0211. The van der Waals surface area contributed by atoms with Gasteiger partial charge in [0.15, 0.2) is 0 Å². The maximum atomic E-state index is 13.6. The van der Waals surface area contributed by atoms with Crippen LogP contribution >= 0.6 is 23.2 Å². The summed E-state index contributed by atoms with van der Waals surface area (Å²) in [5.41, 5.74) is 0.733. The van der Waals surface area contributed by atoms with Crippen LogP contribution in [0.3, 0.4) is 0 Å². The fourth-order valence-electron chi connectivity index (χ4n) is 4.49. The topological polar surface area (TPSA) is 105 Å². The quantitative estimate of drug-likeness (QED) is 0.177. The van der Waals surface area contributed by atoms with E-state index in [9.17, 15) is 23.2 Å². The van der Waals surface area contributed by atoms with Gasteiger partial charge in [0.1, 0.15) is 6.61 Å². The summed E-state index contributed by atoms with van der Waals surface area (Å²) >= 11 is 12.3. The van der Waals surface area contributed by atoms with Crippen molar-refractivity contribution in [2.24, 2.45) is 10.1 Å². The van der Waals surface area contributed by atoms with Gasteiger partial charge in [-0.3, -0.25) is 4.90 Å². The number of carbonyl (C=O) groups is 1. The summed E-state index contributed by atoms with van der Waals surface area (Å²) in [5.74, 6) is -0.129. The van der Waals surface area contributed by atoms with Crippen LogP contribution in [0.5, 0.6) is 0 Å². The first-order chi connectivity index (χ1) is 19.6. The number of nitriles is 1. The van der Waals surface area contributed by atoms with Crippen molar-refractivity contribution < 1.29 is 22.7 Å². The van der Waals surface area contributed by atoms with E-state index in [1.807, 2.05) is 0 Å². The number of benzene rings is 2. The number of hydrazone groups is 1. The summed E-state index contributed by atoms with van der Waals surface area (Å²) in [4.78, 5) is 18.3. The predicted octanol–water partition coefficient (Wildman–Crippen LogP) is 5.86. The van der Waals surface area contributed by atoms with E-state index in [1.165, 1.54) is 17.2 Å². The van der Waals surface area contributed by atoms with E-state index in [2.05, 4.69) is 32.2 Å². The van der Waals surface area contributed by atoms with E-state index in [0.29, 0.717) is 28.4 Å². The molecule has 4 rings (SSSR count). The summed E-state index contributed by atoms with van der Waals surface area (Å²) in [6, 6.07) is 7.44. The molecule has 41 heavy (non-hydrogen) atoms. The number of amides is 1. The lowest BCUT2D eigenvalue weighted by atomic mass is 10.0. The van der Waals surface area contributed by atoms with E-state index in [0.717, 1.165) is 38.1 Å². The zero-order valence-electron chi connectivity index (χ0n) is 21.7. The van der Waals surface area contributed by atoms with Crippen molar-refractivity contribution in [2.75, 3.05) is 31.6 Å². The molecule has 0 saturated carbocycles. The highest BCUT2D eigenvalue weighted by molar-refractivity contribution is 6.42. The number of halogens is 5. The number of carbonyl (C=O) groups excluding carboxylic acids is 1. The molecule has 9 nitrogen and oxygen atoms in total. The average Bonchev–Trinajstić information content (AvgIpc) is 3.59. The molecular weight excluding hydrogens is 582 g/mol. The maximum absolute atomic E-state index is 13.6. The van der Waals surface area contributed by atoms with Gasteiger partial charge in [0.05, 0.1) is 33.9 Å². The van der Waals surface area contributed by atoms with E-state index in [-0.39, 0.29) is 29.8 Å². The summed E-state index contributed by atoms with van der Waals surface area (Å²) in [5, 5.41) is 21.4. The third kappa shape index (κ3) is 7.70. The Morgan fingerprint density at radius 1 is 1.22 bits per heavy atom. The molecular formula is C27H26Cl2F3N7O2. The Labute approximate surface area is 244 Å². The van der Waals surface area contributed by atoms with Gasteiger partial charge in [-0.15, -0.1) is 4.99 Å². The van der Waals surface area contributed by atoms with Crippen LogP contribution in [0.25, 0.3) is 0 Å². The fraction of sp³-hybridized carbons (Fsp3) is 0.333. The number of anilines is 1. The molecule has 0 aromatic heterocycles. The highest BCUT2D eigenvalue weighted by Crippen LogP contribution is 2.33. The number of hydrogen-bond donors (Lipinski definition) is 2. The predicted molar refractivity (Wildman–Crippen MR) is 151 cm³/mol. The van der Waals surface area contributed by atoms with E-state index in [4.69, 9.17) is 27.9 Å². The zero-order valence-corrected chi connectivity index (χ0v) is 23.2. The van der Waals surface area contributed by atoms with Crippen molar-refractivity contribution in [3.8, 4) is 6.19 Å². The Balaban J connectivity index is 1.68. The van der Waals surface area contributed by atoms with E-state index < -0.39 is 23.9 Å². The van der Waals surface area contributed by atoms with Crippen LogP contribution in [0.15, 0.2) is 59.1 Å². The van der Waals surface area contributed by atoms with Gasteiger partial charge in [-0.2, -0.15) is 23.5 Å². The van der Waals surface area contributed by atoms with Gasteiger partial charge in [-0.1, -0.05) is 48.0 Å². The highest BCUT2D eigenvalue weighted by atomic mass is 35.5. The monoisotopic (exact) mass is 607 g/mol. The Kier molecular flexibility index (Phi) is 9.75. The summed E-state index contributed by atoms with van der Waals surface area (Å²) < 4.78 is 45.9. The standard InChI is InChI=1S/C27H26Cl2F3N7O2/c1-2-11-41-26(40)36-23-15-39(37-24(23)17-6-8-20(28)21(29)12-17)25(34-16-33)35-22-13-19(27(30,31)32)7-5-18(22)14-38-9-3-4-10-38/h2,5-8,12-13,23H,1,3-4,9-11,14-15H2,(H,34,35)(H,36,40)/t23-/m1/s1. The first-order valence-corrected chi connectivity index (χ1v) is 13.4. The van der Waals surface area contributed by atoms with Crippen molar-refractivity contribution in [3.63, 3.8) is 0 Å². The molecule has 216 valence electrons. The molecule has 0 unspecified atom stereocenters. The van der Waals surface area contributed by atoms with Gasteiger partial charge in [-0.05, 0) is 55.8 Å². The molecule has 2 heterocycles. The molecule has 0 spiro atoms. The van der Waals surface area contributed by atoms with Crippen LogP contribution in [0.4, 0.5) is 23.7 Å². The smallest absolute Gasteiger partial charge is 0.416 e. The Bertz CT molecular complexity index is 1400. The maximum Gasteiger partial charge on any atom is 0.416 e. The zero-order chi connectivity index (χ0) is 29.6. The number of alkyl carbamates (subject to hydrolysis) is 1. The lowest BCUT2D eigenvalue weighted by Gasteiger charge is -2.23. The molecule has 2 N–H and O–H groups in total. The molecule has 1 atom stereocenters. The second-order valence-corrected chi connectivity index (χ2v) is 10.1. The van der Waals surface area contributed by atoms with E-state index >= 15 is 0 Å². The normalized spacial score (nSPS) is 17.7. The van der Waals surface area contributed by atoms with Crippen molar-refractivity contribution in [3.05, 3.63) is 75.8 Å². The minimum atomic E-state index is -4.58. The first kappa shape index (κ1) is 30.2. The molecule has 1 amide bonds. The molecule has 0 radical (unpaired) electrons. The van der Waals surface area contributed by atoms with Crippen LogP contribution in [0.1, 0.15) is 29.5 Å². The minimum Gasteiger partial charge on any atom is -0.445 e. The number of likely N-dealkylation sites (tertiary alicyclic amines) is 1. The van der Waals surface area contributed by atoms with Gasteiger partial charge in [0, 0.05) is 17.8 Å². The van der Waals surface area contributed by atoms with Crippen LogP contribution in [-0.4, -0.2) is 60.0 Å². The van der Waals surface area contributed by atoms with Crippen LogP contribution < -0.4 is 10.6 Å². The number of ether oxygens (including phenoxy) is 1. The van der Waals surface area contributed by atoms with Gasteiger partial charge in [0.2, 0.25) is 12.2 Å². The third-order valence-corrected chi connectivity index (χ3v) is 7.17. The summed E-state index contributed by atoms with van der Waals surface area (Å²) in [6.45, 7) is 5.54. The lowest BCUT2D eigenvalue weighted by Crippen LogP contribution is -2.44. The summed E-state index contributed by atoms with van der Waals surface area (Å²) in [7, 11) is 0. The van der Waals surface area contributed by atoms with Crippen molar-refractivity contribution >= 4 is 46.7 Å². The lowest BCUT2D eigenvalue weighted by molar-refractivity contribution is -0.137. The number of alkyl halides is 3. The second-order valence-electron chi connectivity index (χ2n) is 9.29. The molecule has 14 heteroatoms. The van der Waals surface area contributed by atoms with Crippen LogP contribution in [0, 0.1) is 11.5 Å². The molecule has 2 aliphatic rings. The van der Waals surface area contributed by atoms with Gasteiger partial charge < -0.3 is 15.4 Å². The van der Waals surface area contributed by atoms with Crippen molar-refractivity contribution in [1.29, 1.82) is 5.26 Å². The highest BCUT2D eigenvalue weighted by Gasteiger charge is 2.34. The molecule has 0 bridgehead atoms. The molecule has 1 fully saturated rings. The number of guanidine groups is 1. The Hall–Kier alpha value is -3.79. The largest absolute Gasteiger partial charge is 0.445 e. The first-order valence-electron chi connectivity index (χ1n) is 12.6. The van der Waals surface area contributed by atoms with Gasteiger partial charge in [0.25, 0.3) is 0 Å². The number of aliphatic imine (C=N–C) groups is 1. The SMILES string of the molecule is C=CCOC(=O)N[C@@H]1CN(/C(=N\C#N)Nc2cc(C(F)(F)F)ccc2CN2CCCC2)N=C1c1ccc(Cl)c(Cl)c1. The molecule has 2 aromatic carbocycles. The fourth-order valence-corrected chi connectivity index (χ4v) is 4.79. The Morgan fingerprint density at radius 3 is 2.63 bits per heavy atom. The third-order valence-electron chi connectivity index (χ3n) is 6.43. The second kappa shape index (κ2) is 13.2. The van der Waals surface area contributed by atoms with Gasteiger partial charge >= 0.3 is 12.3 Å². The summed E-state index contributed by atoms with van der Waals surface area (Å²) in [6.07, 6.45) is -0.228. The molecule has 0 aliphatic carbocycles. The number of rotatable bonds is 7. The molecule has 2 aromatic rings. The van der Waals surface area contributed by atoms with Crippen LogP contribution in [-0.2, 0) is 17.5 Å². The number of nitrogens with zero attached hydrogens (tertiary/aromatic N) is 5. The van der Waals surface area contributed by atoms with Crippen molar-refractivity contribution in [1.82, 2.24) is 15.2 Å². The number of nitrogens with one attached hydrogen (secondary N) is 2. The molecule has 1 saturated heterocycles. The Morgan fingerprint density at radius 2 is 1.98 bits per heavy atom. The average molecular weight is 608 g/mol.